The maximum absolute atomic E-state index is 13.9. The summed E-state index contributed by atoms with van der Waals surface area (Å²) in [4.78, 5) is 32.1. The summed E-state index contributed by atoms with van der Waals surface area (Å²) in [5.74, 6) is -0.00388. The van der Waals surface area contributed by atoms with Gasteiger partial charge in [0, 0.05) is 41.0 Å². The molecular formula is C29H38Cl2N2O3S. The molecule has 4 rings (SSSR count). The minimum absolute atomic E-state index is 0.00708. The van der Waals surface area contributed by atoms with Crippen molar-refractivity contribution in [3.63, 3.8) is 0 Å². The number of nitrogens with zero attached hydrogens (tertiary/aromatic N) is 2. The van der Waals surface area contributed by atoms with Gasteiger partial charge >= 0.3 is 0 Å². The van der Waals surface area contributed by atoms with Gasteiger partial charge in [0.05, 0.1) is 18.7 Å². The second-order valence-corrected chi connectivity index (χ2v) is 12.0. The van der Waals surface area contributed by atoms with Crippen LogP contribution < -0.4 is 0 Å². The molecule has 2 unspecified atom stereocenters. The number of rotatable bonds is 12. The summed E-state index contributed by atoms with van der Waals surface area (Å²) < 4.78 is 5.84. The molecule has 2 atom stereocenters. The van der Waals surface area contributed by atoms with Gasteiger partial charge in [-0.2, -0.15) is 0 Å². The number of hydrogen-bond donors (Lipinski definition) is 0. The van der Waals surface area contributed by atoms with E-state index in [9.17, 15) is 9.59 Å². The second kappa shape index (κ2) is 14.0. The molecule has 0 radical (unpaired) electrons. The lowest BCUT2D eigenvalue weighted by Gasteiger charge is -2.38. The van der Waals surface area contributed by atoms with Crippen molar-refractivity contribution in [3.8, 4) is 0 Å². The monoisotopic (exact) mass is 564 g/mol. The van der Waals surface area contributed by atoms with Gasteiger partial charge in [0.25, 0.3) is 0 Å². The molecule has 0 bridgehead atoms. The highest BCUT2D eigenvalue weighted by Crippen LogP contribution is 2.41. The van der Waals surface area contributed by atoms with E-state index in [0.717, 1.165) is 56.3 Å². The maximum atomic E-state index is 13.9. The molecule has 0 saturated carbocycles. The fourth-order valence-electron chi connectivity index (χ4n) is 5.40. The van der Waals surface area contributed by atoms with Crippen LogP contribution in [-0.4, -0.2) is 54.0 Å². The van der Waals surface area contributed by atoms with Gasteiger partial charge in [-0.3, -0.25) is 9.59 Å². The van der Waals surface area contributed by atoms with Crippen LogP contribution in [0.15, 0.2) is 29.6 Å². The Hall–Kier alpha value is -1.60. The van der Waals surface area contributed by atoms with Crippen molar-refractivity contribution in [2.45, 2.75) is 83.3 Å². The Labute approximate surface area is 235 Å². The molecule has 2 aliphatic rings. The van der Waals surface area contributed by atoms with Crippen LogP contribution in [0.3, 0.4) is 0 Å². The molecule has 202 valence electrons. The van der Waals surface area contributed by atoms with Gasteiger partial charge in [-0.05, 0) is 60.4 Å². The van der Waals surface area contributed by atoms with Crippen LogP contribution in [0.5, 0.6) is 0 Å². The quantitative estimate of drug-likeness (QED) is 0.254. The molecule has 2 aliphatic heterocycles. The Kier molecular flexibility index (Phi) is 10.7. The smallest absolute Gasteiger partial charge is 0.242 e. The van der Waals surface area contributed by atoms with E-state index in [2.05, 4.69) is 18.4 Å². The van der Waals surface area contributed by atoms with Gasteiger partial charge in [0.2, 0.25) is 11.8 Å². The van der Waals surface area contributed by atoms with E-state index in [1.165, 1.54) is 24.1 Å². The average Bonchev–Trinajstić information content (AvgIpc) is 3.57. The fourth-order valence-corrected chi connectivity index (χ4v) is 6.82. The molecule has 2 aromatic rings. The predicted molar refractivity (Wildman–Crippen MR) is 152 cm³/mol. The van der Waals surface area contributed by atoms with E-state index in [-0.39, 0.29) is 30.5 Å². The molecule has 2 amide bonds. The second-order valence-electron chi connectivity index (χ2n) is 10.1. The Morgan fingerprint density at radius 2 is 1.92 bits per heavy atom. The highest BCUT2D eigenvalue weighted by molar-refractivity contribution is 7.10. The van der Waals surface area contributed by atoms with Gasteiger partial charge in [-0.1, -0.05) is 68.3 Å². The highest BCUT2D eigenvalue weighted by Gasteiger charge is 2.35. The van der Waals surface area contributed by atoms with Crippen LogP contribution in [0.2, 0.25) is 10.0 Å². The van der Waals surface area contributed by atoms with Gasteiger partial charge in [0.15, 0.2) is 0 Å². The number of hydrogen-bond acceptors (Lipinski definition) is 4. The summed E-state index contributed by atoms with van der Waals surface area (Å²) in [7, 11) is 0. The van der Waals surface area contributed by atoms with Crippen molar-refractivity contribution >= 4 is 46.4 Å². The molecule has 5 nitrogen and oxygen atoms in total. The molecule has 0 N–H and O–H groups in total. The van der Waals surface area contributed by atoms with Crippen molar-refractivity contribution in [1.29, 1.82) is 0 Å². The predicted octanol–water partition coefficient (Wildman–Crippen LogP) is 7.29. The summed E-state index contributed by atoms with van der Waals surface area (Å²) in [5.41, 5.74) is 1.97. The molecule has 8 heteroatoms. The van der Waals surface area contributed by atoms with Crippen LogP contribution in [0.25, 0.3) is 0 Å². The van der Waals surface area contributed by atoms with Crippen LogP contribution in [0.4, 0.5) is 0 Å². The molecular weight excluding hydrogens is 527 g/mol. The van der Waals surface area contributed by atoms with E-state index < -0.39 is 0 Å². The van der Waals surface area contributed by atoms with Crippen molar-refractivity contribution in [1.82, 2.24) is 9.80 Å². The molecule has 1 fully saturated rings. The van der Waals surface area contributed by atoms with E-state index in [0.29, 0.717) is 29.6 Å². The number of fused-ring (bicyclic) bond motifs is 1. The summed E-state index contributed by atoms with van der Waals surface area (Å²) in [5, 5.41) is 3.18. The van der Waals surface area contributed by atoms with Crippen LogP contribution >= 0.6 is 34.5 Å². The Morgan fingerprint density at radius 1 is 1.11 bits per heavy atom. The summed E-state index contributed by atoms with van der Waals surface area (Å²) in [6, 6.07) is 7.26. The Bertz CT molecular complexity index is 1050. The number of amides is 2. The van der Waals surface area contributed by atoms with Gasteiger partial charge < -0.3 is 14.5 Å². The lowest BCUT2D eigenvalue weighted by atomic mass is 9.93. The topological polar surface area (TPSA) is 49.9 Å². The highest BCUT2D eigenvalue weighted by atomic mass is 35.5. The lowest BCUT2D eigenvalue weighted by molar-refractivity contribution is -0.143. The lowest BCUT2D eigenvalue weighted by Crippen LogP contribution is -2.48. The van der Waals surface area contributed by atoms with Crippen LogP contribution in [0, 0.1) is 0 Å². The first-order valence-corrected chi connectivity index (χ1v) is 15.3. The largest absolute Gasteiger partial charge is 0.376 e. The van der Waals surface area contributed by atoms with Crippen LogP contribution in [-0.2, 0) is 20.7 Å². The van der Waals surface area contributed by atoms with Gasteiger partial charge in [-0.15, -0.1) is 11.3 Å². The first kappa shape index (κ1) is 28.4. The summed E-state index contributed by atoms with van der Waals surface area (Å²) in [6.45, 7) is 4.06. The van der Waals surface area contributed by atoms with Gasteiger partial charge in [-0.25, -0.2) is 0 Å². The first-order chi connectivity index (χ1) is 18.0. The molecule has 3 heterocycles. The minimum atomic E-state index is -0.287. The third-order valence-corrected chi connectivity index (χ3v) is 8.97. The first-order valence-electron chi connectivity index (χ1n) is 13.7. The number of ether oxygens (including phenoxy) is 1. The standard InChI is InChI=1S/C29H38Cl2N2O3S/c1-2-3-4-5-6-7-10-27(34)32(19-22-9-8-16-36-22)20-28(35)33-15-13-26-24(14-17-37-26)29(33)23-12-11-21(30)18-25(23)31/h11-12,14,17-18,22,29H,2-10,13,15-16,19-20H2,1H3. The number of carbonyl (C=O) groups is 2. The molecule has 0 spiro atoms. The van der Waals surface area contributed by atoms with Crippen LogP contribution in [0.1, 0.15) is 86.8 Å². The number of halogens is 2. The van der Waals surface area contributed by atoms with Crippen molar-refractivity contribution in [2.75, 3.05) is 26.2 Å². The Balaban J connectivity index is 1.49. The van der Waals surface area contributed by atoms with Crippen molar-refractivity contribution in [2.24, 2.45) is 0 Å². The molecule has 37 heavy (non-hydrogen) atoms. The zero-order valence-corrected chi connectivity index (χ0v) is 24.1. The third kappa shape index (κ3) is 7.50. The number of carbonyl (C=O) groups excluding carboxylic acids is 2. The zero-order valence-electron chi connectivity index (χ0n) is 21.7. The maximum Gasteiger partial charge on any atom is 0.242 e. The van der Waals surface area contributed by atoms with Crippen molar-refractivity contribution in [3.05, 3.63) is 55.7 Å². The molecule has 1 aromatic carbocycles. The zero-order chi connectivity index (χ0) is 26.2. The minimum Gasteiger partial charge on any atom is -0.376 e. The third-order valence-electron chi connectivity index (χ3n) is 7.41. The number of unbranched alkanes of at least 4 members (excludes halogenated alkanes) is 5. The number of benzene rings is 1. The van der Waals surface area contributed by atoms with E-state index >= 15 is 0 Å². The van der Waals surface area contributed by atoms with E-state index in [4.69, 9.17) is 27.9 Å². The van der Waals surface area contributed by atoms with E-state index in [1.807, 2.05) is 17.0 Å². The van der Waals surface area contributed by atoms with E-state index in [1.54, 1.807) is 22.3 Å². The van der Waals surface area contributed by atoms with Gasteiger partial charge in [0.1, 0.15) is 0 Å². The summed E-state index contributed by atoms with van der Waals surface area (Å²) >= 11 is 14.5. The fraction of sp³-hybridized carbons (Fsp3) is 0.586. The molecule has 1 aromatic heterocycles. The number of thiophene rings is 1. The Morgan fingerprint density at radius 3 is 2.68 bits per heavy atom. The molecule has 0 aliphatic carbocycles. The average molecular weight is 566 g/mol. The van der Waals surface area contributed by atoms with Crippen molar-refractivity contribution < 1.29 is 14.3 Å². The normalized spacial score (nSPS) is 19.2. The summed E-state index contributed by atoms with van der Waals surface area (Å²) in [6.07, 6.45) is 9.97. The molecule has 1 saturated heterocycles. The SMILES string of the molecule is CCCCCCCCC(=O)N(CC(=O)N1CCc2sccc2C1c1ccc(Cl)cc1Cl)CC1CCCO1.